The van der Waals surface area contributed by atoms with Crippen molar-refractivity contribution in [1.82, 2.24) is 0 Å². The van der Waals surface area contributed by atoms with E-state index in [0.29, 0.717) is 31.0 Å². The van der Waals surface area contributed by atoms with E-state index in [1.54, 1.807) is 7.11 Å². The van der Waals surface area contributed by atoms with E-state index in [4.69, 9.17) is 9.47 Å². The first-order valence-corrected chi connectivity index (χ1v) is 8.04. The summed E-state index contributed by atoms with van der Waals surface area (Å²) in [6, 6.07) is 13.3. The zero-order valence-corrected chi connectivity index (χ0v) is 14.4. The zero-order chi connectivity index (χ0) is 17.4. The number of para-hydroxylation sites is 2. The molecule has 0 fully saturated rings. The van der Waals surface area contributed by atoms with Gasteiger partial charge in [0.1, 0.15) is 11.5 Å². The standard InChI is InChI=1S/C19H24N2O3/c1-4-24-18-8-6-5-7-15(18)21-19(22)11-12-20-16-13-14(2)9-10-17(16)23-3/h5-10,13,20H,4,11-12H2,1-3H3,(H,21,22). The molecule has 0 spiro atoms. The predicted molar refractivity (Wildman–Crippen MR) is 97.1 cm³/mol. The molecule has 0 aliphatic rings. The minimum Gasteiger partial charge on any atom is -0.495 e. The SMILES string of the molecule is CCOc1ccccc1NC(=O)CCNc1cc(C)ccc1OC. The fraction of sp³-hybridized carbons (Fsp3) is 0.316. The summed E-state index contributed by atoms with van der Waals surface area (Å²) >= 11 is 0. The van der Waals surface area contributed by atoms with Crippen LogP contribution >= 0.6 is 0 Å². The Morgan fingerprint density at radius 1 is 1.08 bits per heavy atom. The van der Waals surface area contributed by atoms with Crippen LogP contribution in [-0.2, 0) is 4.79 Å². The lowest BCUT2D eigenvalue weighted by atomic mass is 10.2. The molecule has 2 rings (SSSR count). The molecular formula is C19H24N2O3. The molecule has 0 heterocycles. The van der Waals surface area contributed by atoms with Crippen molar-refractivity contribution in [1.29, 1.82) is 0 Å². The first-order valence-electron chi connectivity index (χ1n) is 8.04. The van der Waals surface area contributed by atoms with Gasteiger partial charge in [-0.3, -0.25) is 4.79 Å². The van der Waals surface area contributed by atoms with Crippen LogP contribution in [-0.4, -0.2) is 26.2 Å². The number of amides is 1. The maximum atomic E-state index is 12.1. The van der Waals surface area contributed by atoms with Gasteiger partial charge in [-0.2, -0.15) is 0 Å². The minimum atomic E-state index is -0.0683. The van der Waals surface area contributed by atoms with Gasteiger partial charge >= 0.3 is 0 Å². The van der Waals surface area contributed by atoms with Gasteiger partial charge in [0.15, 0.2) is 0 Å². The molecule has 0 saturated heterocycles. The summed E-state index contributed by atoms with van der Waals surface area (Å²) < 4.78 is 10.8. The third-order valence-electron chi connectivity index (χ3n) is 3.48. The van der Waals surface area contributed by atoms with Gasteiger partial charge in [-0.25, -0.2) is 0 Å². The third kappa shape index (κ3) is 4.91. The molecule has 0 aliphatic carbocycles. The number of hydrogen-bond donors (Lipinski definition) is 2. The first-order chi connectivity index (χ1) is 11.6. The quantitative estimate of drug-likeness (QED) is 0.773. The van der Waals surface area contributed by atoms with Gasteiger partial charge in [0.25, 0.3) is 0 Å². The normalized spacial score (nSPS) is 10.1. The molecule has 5 heteroatoms. The number of hydrogen-bond acceptors (Lipinski definition) is 4. The van der Waals surface area contributed by atoms with Crippen molar-refractivity contribution in [3.63, 3.8) is 0 Å². The molecule has 0 bridgehead atoms. The molecule has 5 nitrogen and oxygen atoms in total. The van der Waals surface area contributed by atoms with E-state index in [1.807, 2.05) is 56.3 Å². The van der Waals surface area contributed by atoms with Gasteiger partial charge < -0.3 is 20.1 Å². The van der Waals surface area contributed by atoms with E-state index in [2.05, 4.69) is 10.6 Å². The Morgan fingerprint density at radius 3 is 2.62 bits per heavy atom. The van der Waals surface area contributed by atoms with Crippen molar-refractivity contribution >= 4 is 17.3 Å². The fourth-order valence-corrected chi connectivity index (χ4v) is 2.33. The number of methoxy groups -OCH3 is 1. The van der Waals surface area contributed by atoms with E-state index in [9.17, 15) is 4.79 Å². The summed E-state index contributed by atoms with van der Waals surface area (Å²) in [6.45, 7) is 5.00. The number of carbonyl (C=O) groups is 1. The van der Waals surface area contributed by atoms with Crippen LogP contribution in [0.25, 0.3) is 0 Å². The molecule has 0 aromatic heterocycles. The fourth-order valence-electron chi connectivity index (χ4n) is 2.33. The van der Waals surface area contributed by atoms with E-state index >= 15 is 0 Å². The second-order valence-corrected chi connectivity index (χ2v) is 5.36. The zero-order valence-electron chi connectivity index (χ0n) is 14.4. The van der Waals surface area contributed by atoms with Gasteiger partial charge in [-0.05, 0) is 43.7 Å². The van der Waals surface area contributed by atoms with Crippen molar-refractivity contribution < 1.29 is 14.3 Å². The molecule has 2 N–H and O–H groups in total. The Bertz CT molecular complexity index is 686. The molecule has 128 valence electrons. The Morgan fingerprint density at radius 2 is 1.88 bits per heavy atom. The second-order valence-electron chi connectivity index (χ2n) is 5.36. The number of anilines is 2. The first kappa shape index (κ1) is 17.7. The average Bonchev–Trinajstić information content (AvgIpc) is 2.57. The van der Waals surface area contributed by atoms with Crippen molar-refractivity contribution in [3.05, 3.63) is 48.0 Å². The summed E-state index contributed by atoms with van der Waals surface area (Å²) in [5.41, 5.74) is 2.71. The van der Waals surface area contributed by atoms with Crippen LogP contribution in [0.3, 0.4) is 0 Å². The summed E-state index contributed by atoms with van der Waals surface area (Å²) in [5.74, 6) is 1.38. The van der Waals surface area contributed by atoms with Crippen molar-refractivity contribution in [3.8, 4) is 11.5 Å². The van der Waals surface area contributed by atoms with Crippen LogP contribution < -0.4 is 20.1 Å². The molecule has 2 aromatic carbocycles. The maximum absolute atomic E-state index is 12.1. The van der Waals surface area contributed by atoms with Gasteiger partial charge in [-0.15, -0.1) is 0 Å². The summed E-state index contributed by atoms with van der Waals surface area (Å²) in [7, 11) is 1.63. The number of aryl methyl sites for hydroxylation is 1. The molecule has 0 saturated carbocycles. The lowest BCUT2D eigenvalue weighted by Crippen LogP contribution is -2.17. The van der Waals surface area contributed by atoms with Gasteiger partial charge in [0.05, 0.1) is 25.1 Å². The van der Waals surface area contributed by atoms with Crippen molar-refractivity contribution in [2.45, 2.75) is 20.3 Å². The molecule has 2 aromatic rings. The predicted octanol–water partition coefficient (Wildman–Crippen LogP) is 3.84. The molecule has 24 heavy (non-hydrogen) atoms. The van der Waals surface area contributed by atoms with E-state index in [1.165, 1.54) is 0 Å². The second kappa shape index (κ2) is 8.82. The number of ether oxygens (including phenoxy) is 2. The summed E-state index contributed by atoms with van der Waals surface area (Å²) in [5, 5.41) is 6.13. The minimum absolute atomic E-state index is 0.0683. The molecule has 0 aliphatic heterocycles. The molecule has 1 amide bonds. The Labute approximate surface area is 143 Å². The van der Waals surface area contributed by atoms with Gasteiger partial charge in [-0.1, -0.05) is 18.2 Å². The smallest absolute Gasteiger partial charge is 0.226 e. The monoisotopic (exact) mass is 328 g/mol. The topological polar surface area (TPSA) is 59.6 Å². The van der Waals surface area contributed by atoms with Crippen LogP contribution in [0.1, 0.15) is 18.9 Å². The molecule has 0 atom stereocenters. The van der Waals surface area contributed by atoms with Crippen LogP contribution in [0.15, 0.2) is 42.5 Å². The highest BCUT2D eigenvalue weighted by atomic mass is 16.5. The Hall–Kier alpha value is -2.69. The number of rotatable bonds is 8. The highest BCUT2D eigenvalue weighted by molar-refractivity contribution is 5.92. The Kier molecular flexibility index (Phi) is 6.49. The number of benzene rings is 2. The lowest BCUT2D eigenvalue weighted by Gasteiger charge is -2.13. The average molecular weight is 328 g/mol. The number of carbonyl (C=O) groups excluding carboxylic acids is 1. The largest absolute Gasteiger partial charge is 0.495 e. The van der Waals surface area contributed by atoms with Crippen molar-refractivity contribution in [2.75, 3.05) is 30.9 Å². The highest BCUT2D eigenvalue weighted by Crippen LogP contribution is 2.25. The highest BCUT2D eigenvalue weighted by Gasteiger charge is 2.08. The van der Waals surface area contributed by atoms with Crippen LogP contribution in [0, 0.1) is 6.92 Å². The summed E-state index contributed by atoms with van der Waals surface area (Å²) in [6.07, 6.45) is 0.345. The Balaban J connectivity index is 1.89. The van der Waals surface area contributed by atoms with E-state index in [0.717, 1.165) is 17.0 Å². The van der Waals surface area contributed by atoms with E-state index in [-0.39, 0.29) is 5.91 Å². The summed E-state index contributed by atoms with van der Waals surface area (Å²) in [4.78, 5) is 12.1. The van der Waals surface area contributed by atoms with Gasteiger partial charge in [0, 0.05) is 13.0 Å². The van der Waals surface area contributed by atoms with Crippen LogP contribution in [0.2, 0.25) is 0 Å². The molecule has 0 radical (unpaired) electrons. The van der Waals surface area contributed by atoms with Crippen molar-refractivity contribution in [2.24, 2.45) is 0 Å². The van der Waals surface area contributed by atoms with Crippen LogP contribution in [0.4, 0.5) is 11.4 Å². The molecular weight excluding hydrogens is 304 g/mol. The van der Waals surface area contributed by atoms with Crippen LogP contribution in [0.5, 0.6) is 11.5 Å². The van der Waals surface area contributed by atoms with E-state index < -0.39 is 0 Å². The number of nitrogens with one attached hydrogen (secondary N) is 2. The molecule has 0 unspecified atom stereocenters. The maximum Gasteiger partial charge on any atom is 0.226 e. The lowest BCUT2D eigenvalue weighted by molar-refractivity contribution is -0.116. The van der Waals surface area contributed by atoms with Gasteiger partial charge in [0.2, 0.25) is 5.91 Å². The third-order valence-corrected chi connectivity index (χ3v) is 3.48.